The van der Waals surface area contributed by atoms with Gasteiger partial charge in [0.25, 0.3) is 10.0 Å². The van der Waals surface area contributed by atoms with Crippen LogP contribution in [0.4, 0.5) is 10.1 Å². The van der Waals surface area contributed by atoms with Crippen LogP contribution in [0, 0.1) is 5.82 Å². The lowest BCUT2D eigenvalue weighted by Crippen LogP contribution is -2.30. The normalized spacial score (nSPS) is 11.6. The molecule has 2 aromatic rings. The molecule has 0 spiro atoms. The number of benzene rings is 1. The van der Waals surface area contributed by atoms with Crippen molar-refractivity contribution in [1.82, 2.24) is 0 Å². The second-order valence-electron chi connectivity index (χ2n) is 4.31. The summed E-state index contributed by atoms with van der Waals surface area (Å²) in [5, 5.41) is 0. The fourth-order valence-corrected chi connectivity index (χ4v) is 5.21. The third kappa shape index (κ3) is 3.56. The standard InChI is InChI=1S/C14H15ClFNO2S2/c1-2-17(12-5-3-4-11(16)10-12)21(18,19)14-7-6-13(20-14)8-9-15/h3-7,10H,2,8-9H2,1H3. The molecular formula is C14H15ClFNO2S2. The minimum absolute atomic E-state index is 0.231. The van der Waals surface area contributed by atoms with Crippen molar-refractivity contribution in [3.8, 4) is 0 Å². The Labute approximate surface area is 133 Å². The summed E-state index contributed by atoms with van der Waals surface area (Å²) >= 11 is 6.87. The van der Waals surface area contributed by atoms with Gasteiger partial charge in [-0.3, -0.25) is 4.31 Å². The van der Waals surface area contributed by atoms with Gasteiger partial charge in [0, 0.05) is 17.3 Å². The molecule has 114 valence electrons. The van der Waals surface area contributed by atoms with Crippen LogP contribution in [0.1, 0.15) is 11.8 Å². The molecule has 0 bridgehead atoms. The van der Waals surface area contributed by atoms with Crippen molar-refractivity contribution in [2.45, 2.75) is 17.6 Å². The van der Waals surface area contributed by atoms with Gasteiger partial charge in [-0.25, -0.2) is 12.8 Å². The SMILES string of the molecule is CCN(c1cccc(F)c1)S(=O)(=O)c1ccc(CCCl)s1. The van der Waals surface area contributed by atoms with E-state index in [0.717, 1.165) is 4.88 Å². The topological polar surface area (TPSA) is 37.4 Å². The third-order valence-electron chi connectivity index (χ3n) is 2.91. The van der Waals surface area contributed by atoms with Crippen molar-refractivity contribution in [3.63, 3.8) is 0 Å². The van der Waals surface area contributed by atoms with Gasteiger partial charge in [0.05, 0.1) is 5.69 Å². The lowest BCUT2D eigenvalue weighted by Gasteiger charge is -2.22. The Morgan fingerprint density at radius 3 is 2.67 bits per heavy atom. The fourth-order valence-electron chi connectivity index (χ4n) is 1.96. The van der Waals surface area contributed by atoms with E-state index in [1.54, 1.807) is 25.1 Å². The van der Waals surface area contributed by atoms with Gasteiger partial charge in [-0.2, -0.15) is 0 Å². The van der Waals surface area contributed by atoms with E-state index >= 15 is 0 Å². The number of rotatable bonds is 6. The highest BCUT2D eigenvalue weighted by molar-refractivity contribution is 7.94. The van der Waals surface area contributed by atoms with Gasteiger partial charge in [-0.1, -0.05) is 6.07 Å². The van der Waals surface area contributed by atoms with Crippen LogP contribution in [0.25, 0.3) is 0 Å². The Hall–Kier alpha value is -1.11. The van der Waals surface area contributed by atoms with E-state index in [1.165, 1.54) is 33.8 Å². The summed E-state index contributed by atoms with van der Waals surface area (Å²) < 4.78 is 40.1. The molecule has 0 aliphatic carbocycles. The quantitative estimate of drug-likeness (QED) is 0.743. The summed E-state index contributed by atoms with van der Waals surface area (Å²) in [6.45, 7) is 1.95. The lowest BCUT2D eigenvalue weighted by atomic mass is 10.3. The monoisotopic (exact) mass is 347 g/mol. The highest BCUT2D eigenvalue weighted by Gasteiger charge is 2.25. The Balaban J connectivity index is 2.39. The molecule has 0 amide bonds. The Morgan fingerprint density at radius 1 is 1.29 bits per heavy atom. The highest BCUT2D eigenvalue weighted by Crippen LogP contribution is 2.29. The van der Waals surface area contributed by atoms with Crippen LogP contribution >= 0.6 is 22.9 Å². The minimum atomic E-state index is -3.68. The predicted octanol–water partition coefficient (Wildman–Crippen LogP) is 3.88. The average Bonchev–Trinajstić information content (AvgIpc) is 2.89. The number of anilines is 1. The Bertz CT molecular complexity index is 715. The lowest BCUT2D eigenvalue weighted by molar-refractivity contribution is 0.593. The maximum Gasteiger partial charge on any atom is 0.273 e. The molecule has 1 aromatic heterocycles. The molecule has 0 saturated heterocycles. The molecule has 7 heteroatoms. The van der Waals surface area contributed by atoms with Crippen molar-refractivity contribution in [1.29, 1.82) is 0 Å². The summed E-state index contributed by atoms with van der Waals surface area (Å²) in [5.74, 6) is -0.0170. The molecule has 1 heterocycles. The summed E-state index contributed by atoms with van der Waals surface area (Å²) in [5.41, 5.74) is 0.324. The van der Waals surface area contributed by atoms with Crippen LogP contribution in [-0.2, 0) is 16.4 Å². The molecule has 0 unspecified atom stereocenters. The number of sulfonamides is 1. The van der Waals surface area contributed by atoms with Crippen LogP contribution in [-0.4, -0.2) is 20.8 Å². The van der Waals surface area contributed by atoms with E-state index < -0.39 is 15.8 Å². The molecule has 0 N–H and O–H groups in total. The maximum absolute atomic E-state index is 13.3. The first kappa shape index (κ1) is 16.3. The van der Waals surface area contributed by atoms with E-state index in [-0.39, 0.29) is 10.8 Å². The van der Waals surface area contributed by atoms with Gasteiger partial charge in [-0.15, -0.1) is 22.9 Å². The number of nitrogens with zero attached hydrogens (tertiary/aromatic N) is 1. The van der Waals surface area contributed by atoms with Crippen molar-refractivity contribution in [2.75, 3.05) is 16.7 Å². The number of aryl methyl sites for hydroxylation is 1. The average molecular weight is 348 g/mol. The number of hydrogen-bond acceptors (Lipinski definition) is 3. The first-order valence-corrected chi connectivity index (χ1v) is 9.21. The first-order valence-electron chi connectivity index (χ1n) is 6.42. The molecule has 0 saturated carbocycles. The summed E-state index contributed by atoms with van der Waals surface area (Å²) in [7, 11) is -3.68. The summed E-state index contributed by atoms with van der Waals surface area (Å²) in [6.07, 6.45) is 0.633. The molecule has 21 heavy (non-hydrogen) atoms. The van der Waals surface area contributed by atoms with Crippen LogP contribution in [0.2, 0.25) is 0 Å². The van der Waals surface area contributed by atoms with Crippen molar-refractivity contribution >= 4 is 38.6 Å². The predicted molar refractivity (Wildman–Crippen MR) is 85.3 cm³/mol. The van der Waals surface area contributed by atoms with Gasteiger partial charge in [0.1, 0.15) is 10.0 Å². The molecular weight excluding hydrogens is 333 g/mol. The molecule has 1 aromatic carbocycles. The Morgan fingerprint density at radius 2 is 2.05 bits per heavy atom. The highest BCUT2D eigenvalue weighted by atomic mass is 35.5. The number of alkyl halides is 1. The van der Waals surface area contributed by atoms with E-state index in [2.05, 4.69) is 0 Å². The molecule has 2 rings (SSSR count). The zero-order valence-corrected chi connectivity index (χ0v) is 13.8. The van der Waals surface area contributed by atoms with Crippen molar-refractivity contribution < 1.29 is 12.8 Å². The Kier molecular flexibility index (Phi) is 5.24. The smallest absolute Gasteiger partial charge is 0.266 e. The van der Waals surface area contributed by atoms with Crippen molar-refractivity contribution in [3.05, 3.63) is 47.1 Å². The second kappa shape index (κ2) is 6.77. The summed E-state index contributed by atoms with van der Waals surface area (Å²) in [6, 6.07) is 8.92. The molecule has 0 aliphatic rings. The molecule has 0 radical (unpaired) electrons. The number of halogens is 2. The van der Waals surface area contributed by atoms with E-state index in [9.17, 15) is 12.8 Å². The maximum atomic E-state index is 13.3. The van der Waals surface area contributed by atoms with Gasteiger partial charge < -0.3 is 0 Å². The van der Waals surface area contributed by atoms with Gasteiger partial charge in [0.2, 0.25) is 0 Å². The van der Waals surface area contributed by atoms with Crippen LogP contribution in [0.3, 0.4) is 0 Å². The largest absolute Gasteiger partial charge is 0.273 e. The molecule has 0 fully saturated rings. The molecule has 0 atom stereocenters. The third-order valence-corrected chi connectivity index (χ3v) is 6.61. The van der Waals surface area contributed by atoms with E-state index in [0.29, 0.717) is 18.0 Å². The number of thiophene rings is 1. The fraction of sp³-hybridized carbons (Fsp3) is 0.286. The van der Waals surface area contributed by atoms with Gasteiger partial charge in [0.15, 0.2) is 0 Å². The summed E-state index contributed by atoms with van der Waals surface area (Å²) in [4.78, 5) is 0.916. The van der Waals surface area contributed by atoms with Crippen molar-refractivity contribution in [2.24, 2.45) is 0 Å². The van der Waals surface area contributed by atoms with Crippen LogP contribution < -0.4 is 4.31 Å². The van der Waals surface area contributed by atoms with Gasteiger partial charge >= 0.3 is 0 Å². The number of hydrogen-bond donors (Lipinski definition) is 0. The minimum Gasteiger partial charge on any atom is -0.266 e. The van der Waals surface area contributed by atoms with Crippen LogP contribution in [0.15, 0.2) is 40.6 Å². The zero-order valence-electron chi connectivity index (χ0n) is 11.4. The van der Waals surface area contributed by atoms with Gasteiger partial charge in [-0.05, 0) is 43.7 Å². The molecule has 0 aliphatic heterocycles. The molecule has 3 nitrogen and oxygen atoms in total. The van der Waals surface area contributed by atoms with Crippen LogP contribution in [0.5, 0.6) is 0 Å². The first-order chi connectivity index (χ1) is 9.98. The van der Waals surface area contributed by atoms with E-state index in [4.69, 9.17) is 11.6 Å². The zero-order chi connectivity index (χ0) is 15.5. The van der Waals surface area contributed by atoms with E-state index in [1.807, 2.05) is 0 Å². The second-order valence-corrected chi connectivity index (χ2v) is 7.94.